The lowest BCUT2D eigenvalue weighted by Crippen LogP contribution is -2.26. The fourth-order valence-electron chi connectivity index (χ4n) is 3.28. The number of hydrogen-bond donors (Lipinski definition) is 1. The van der Waals surface area contributed by atoms with E-state index in [-0.39, 0.29) is 18.4 Å². The van der Waals surface area contributed by atoms with Gasteiger partial charge in [0.2, 0.25) is 5.91 Å². The van der Waals surface area contributed by atoms with Gasteiger partial charge in [0.1, 0.15) is 24.3 Å². The Kier molecular flexibility index (Phi) is 5.85. The monoisotopic (exact) mass is 399 g/mol. The number of ether oxygens (including phenoxy) is 1. The van der Waals surface area contributed by atoms with Gasteiger partial charge in [-0.1, -0.05) is 30.7 Å². The fourth-order valence-corrected chi connectivity index (χ4v) is 3.28. The van der Waals surface area contributed by atoms with Crippen LogP contribution in [0.4, 0.5) is 5.82 Å². The summed E-state index contributed by atoms with van der Waals surface area (Å²) in [6.45, 7) is 5.19. The summed E-state index contributed by atoms with van der Waals surface area (Å²) in [4.78, 5) is 29.8. The van der Waals surface area contributed by atoms with Crippen LogP contribution in [-0.2, 0) is 4.79 Å². The van der Waals surface area contributed by atoms with Gasteiger partial charge in [0.15, 0.2) is 5.82 Å². The van der Waals surface area contributed by atoms with E-state index in [1.165, 1.54) is 12.4 Å². The number of nitrogens with zero attached hydrogens (tertiary/aromatic N) is 4. The molecule has 0 aliphatic carbocycles. The van der Waals surface area contributed by atoms with Gasteiger partial charge in [-0.2, -0.15) is 0 Å². The highest BCUT2D eigenvalue weighted by atomic mass is 16.5. The predicted molar refractivity (Wildman–Crippen MR) is 116 cm³/mol. The normalized spacial score (nSPS) is 15.9. The Labute approximate surface area is 174 Å². The molecule has 1 aromatic carbocycles. The van der Waals surface area contributed by atoms with Gasteiger partial charge in [0.05, 0.1) is 11.1 Å². The summed E-state index contributed by atoms with van der Waals surface area (Å²) in [5, 5.41) is 0.805. The summed E-state index contributed by atoms with van der Waals surface area (Å²) in [6, 6.07) is 11.4. The molecule has 1 aliphatic rings. The minimum absolute atomic E-state index is 0.0413. The number of fused-ring (bicyclic) bond motifs is 1. The zero-order chi connectivity index (χ0) is 20.8. The molecule has 0 radical (unpaired) electrons. The molecule has 0 spiro atoms. The molecule has 7 nitrogen and oxygen atoms in total. The summed E-state index contributed by atoms with van der Waals surface area (Å²) in [5.41, 5.74) is 1.41. The lowest BCUT2D eigenvalue weighted by Gasteiger charge is -2.12. The molecule has 1 unspecified atom stereocenters. The first kappa shape index (κ1) is 19.4. The van der Waals surface area contributed by atoms with Crippen molar-refractivity contribution in [2.75, 3.05) is 19.7 Å². The van der Waals surface area contributed by atoms with E-state index in [4.69, 9.17) is 4.74 Å². The van der Waals surface area contributed by atoms with Crippen LogP contribution in [-0.4, -0.2) is 51.7 Å². The Morgan fingerprint density at radius 2 is 2.23 bits per heavy atom. The summed E-state index contributed by atoms with van der Waals surface area (Å²) < 4.78 is 5.58. The third-order valence-corrected chi connectivity index (χ3v) is 4.80. The molecule has 150 valence electrons. The zero-order valence-corrected chi connectivity index (χ0v) is 16.4. The first-order valence-electron chi connectivity index (χ1n) is 9.69. The maximum absolute atomic E-state index is 11.7. The third-order valence-electron chi connectivity index (χ3n) is 4.80. The van der Waals surface area contributed by atoms with Crippen molar-refractivity contribution in [3.05, 3.63) is 61.1 Å². The van der Waals surface area contributed by atoms with Gasteiger partial charge >= 0.3 is 0 Å². The minimum Gasteiger partial charge on any atom is -0.481 e. The van der Waals surface area contributed by atoms with Crippen LogP contribution in [0, 0.1) is 17.8 Å². The minimum atomic E-state index is -0.0413. The topological polar surface area (TPSA) is 83.5 Å². The van der Waals surface area contributed by atoms with E-state index in [9.17, 15) is 4.79 Å². The molecule has 30 heavy (non-hydrogen) atoms. The molecule has 1 saturated heterocycles. The molecule has 0 bridgehead atoms. The van der Waals surface area contributed by atoms with Gasteiger partial charge in [0.25, 0.3) is 0 Å². The highest BCUT2D eigenvalue weighted by Gasteiger charge is 2.23. The number of hydrogen-bond acceptors (Lipinski definition) is 5. The molecule has 1 amide bonds. The number of aliphatic imine (C=N–C) groups is 1. The zero-order valence-electron chi connectivity index (χ0n) is 16.4. The van der Waals surface area contributed by atoms with Crippen molar-refractivity contribution in [3.8, 4) is 17.6 Å². The van der Waals surface area contributed by atoms with E-state index in [2.05, 4.69) is 38.4 Å². The number of para-hydroxylation sites is 1. The summed E-state index contributed by atoms with van der Waals surface area (Å²) >= 11 is 0. The molecule has 1 atom stereocenters. The van der Waals surface area contributed by atoms with Crippen LogP contribution in [0.25, 0.3) is 11.0 Å². The Balaban J connectivity index is 1.43. The van der Waals surface area contributed by atoms with Gasteiger partial charge < -0.3 is 14.6 Å². The van der Waals surface area contributed by atoms with E-state index in [0.29, 0.717) is 18.0 Å². The second-order valence-corrected chi connectivity index (χ2v) is 6.86. The molecular weight excluding hydrogens is 378 g/mol. The van der Waals surface area contributed by atoms with Crippen LogP contribution >= 0.6 is 0 Å². The van der Waals surface area contributed by atoms with Crippen LogP contribution in [0.2, 0.25) is 0 Å². The second kappa shape index (κ2) is 9.05. The van der Waals surface area contributed by atoms with Gasteiger partial charge in [-0.25, -0.2) is 15.0 Å². The van der Waals surface area contributed by atoms with Crippen molar-refractivity contribution in [2.45, 2.75) is 6.42 Å². The standard InChI is InChI=1S/C23H21N5O2/c1-2-21(29)28-11-10-17(15-28)14-24-22-20-13-18(27-23(20)26-16-25-22)7-6-12-30-19-8-4-3-5-9-19/h2-5,8-9,13-14,16-17H,1,10-12,15H2,(H,25,26,27). The SMILES string of the molecule is C=CC(=O)N1CCC(C=Nc2ncnc3[nH]c(C#CCOc4ccccc4)cc23)C1. The molecule has 1 N–H and O–H groups in total. The number of nitrogens with one attached hydrogen (secondary N) is 1. The number of rotatable bonds is 5. The number of benzene rings is 1. The highest BCUT2D eigenvalue weighted by Crippen LogP contribution is 2.23. The van der Waals surface area contributed by atoms with Gasteiger partial charge in [-0.15, -0.1) is 0 Å². The van der Waals surface area contributed by atoms with Gasteiger partial charge in [0, 0.05) is 25.2 Å². The Bertz CT molecular complexity index is 1140. The van der Waals surface area contributed by atoms with Crippen molar-refractivity contribution >= 4 is 29.0 Å². The second-order valence-electron chi connectivity index (χ2n) is 6.86. The number of likely N-dealkylation sites (tertiary alicyclic amines) is 1. The molecule has 1 aliphatic heterocycles. The summed E-state index contributed by atoms with van der Waals surface area (Å²) in [7, 11) is 0. The van der Waals surface area contributed by atoms with Gasteiger partial charge in [-0.3, -0.25) is 4.79 Å². The van der Waals surface area contributed by atoms with Crippen LogP contribution in [0.1, 0.15) is 12.1 Å². The highest BCUT2D eigenvalue weighted by molar-refractivity contribution is 5.89. The molecule has 2 aromatic heterocycles. The lowest BCUT2D eigenvalue weighted by atomic mass is 10.1. The number of H-pyrrole nitrogens is 1. The number of carbonyl (C=O) groups excluding carboxylic acids is 1. The van der Waals surface area contributed by atoms with E-state index < -0.39 is 0 Å². The summed E-state index contributed by atoms with van der Waals surface area (Å²) in [6.07, 6.45) is 5.57. The Hall–Kier alpha value is -3.92. The van der Waals surface area contributed by atoms with Crippen molar-refractivity contribution in [2.24, 2.45) is 10.9 Å². The number of aromatic amines is 1. The fraction of sp³-hybridized carbons (Fsp3) is 0.217. The van der Waals surface area contributed by atoms with Crippen LogP contribution in [0.15, 0.2) is 60.4 Å². The van der Waals surface area contributed by atoms with Crippen molar-refractivity contribution in [1.29, 1.82) is 0 Å². The number of carbonyl (C=O) groups is 1. The molecule has 1 fully saturated rings. The number of aromatic nitrogens is 3. The van der Waals surface area contributed by atoms with E-state index in [0.717, 1.165) is 29.8 Å². The van der Waals surface area contributed by atoms with E-state index in [1.54, 1.807) is 4.90 Å². The maximum atomic E-state index is 11.7. The van der Waals surface area contributed by atoms with Crippen LogP contribution in [0.5, 0.6) is 5.75 Å². The van der Waals surface area contributed by atoms with Gasteiger partial charge in [-0.05, 0) is 36.6 Å². The van der Waals surface area contributed by atoms with Crippen molar-refractivity contribution in [3.63, 3.8) is 0 Å². The van der Waals surface area contributed by atoms with Crippen molar-refractivity contribution < 1.29 is 9.53 Å². The maximum Gasteiger partial charge on any atom is 0.245 e. The first-order chi connectivity index (χ1) is 14.7. The molecule has 3 aromatic rings. The first-order valence-corrected chi connectivity index (χ1v) is 9.69. The largest absolute Gasteiger partial charge is 0.481 e. The molecule has 7 heteroatoms. The Morgan fingerprint density at radius 3 is 3.07 bits per heavy atom. The van der Waals surface area contributed by atoms with Crippen molar-refractivity contribution in [1.82, 2.24) is 19.9 Å². The predicted octanol–water partition coefficient (Wildman–Crippen LogP) is 3.13. The van der Waals surface area contributed by atoms with E-state index in [1.807, 2.05) is 42.6 Å². The smallest absolute Gasteiger partial charge is 0.245 e. The summed E-state index contributed by atoms with van der Waals surface area (Å²) in [5.74, 6) is 7.57. The van der Waals surface area contributed by atoms with E-state index >= 15 is 0 Å². The average molecular weight is 399 g/mol. The lowest BCUT2D eigenvalue weighted by molar-refractivity contribution is -0.125. The quantitative estimate of drug-likeness (QED) is 0.406. The Morgan fingerprint density at radius 1 is 1.37 bits per heavy atom. The molecule has 0 saturated carbocycles. The third kappa shape index (κ3) is 4.55. The molecule has 3 heterocycles. The number of amides is 1. The molecular formula is C23H21N5O2. The van der Waals surface area contributed by atoms with Crippen LogP contribution in [0.3, 0.4) is 0 Å². The van der Waals surface area contributed by atoms with Crippen LogP contribution < -0.4 is 4.74 Å². The molecule has 4 rings (SSSR count). The average Bonchev–Trinajstić information content (AvgIpc) is 3.42.